The number of hydrogen-bond donors (Lipinski definition) is 2. The fourth-order valence-electron chi connectivity index (χ4n) is 3.01. The molecular weight excluding hydrogens is 414 g/mol. The first-order valence-electron chi connectivity index (χ1n) is 9.94. The van der Waals surface area contributed by atoms with Crippen molar-refractivity contribution in [1.29, 1.82) is 0 Å². The van der Waals surface area contributed by atoms with Gasteiger partial charge in [-0.05, 0) is 31.5 Å². The number of ether oxygens (including phenoxy) is 3. The second-order valence-electron chi connectivity index (χ2n) is 7.17. The lowest BCUT2D eigenvalue weighted by Crippen LogP contribution is -2.19. The summed E-state index contributed by atoms with van der Waals surface area (Å²) in [4.78, 5) is 24.0. The SMILES string of the molecule is COC[C@H](C)Oc1cc(OCc2ccccc2)cc(C(=O)Nc2cc(C)n(C(=O)O)n2)c1. The Labute approximate surface area is 185 Å². The van der Waals surface area contributed by atoms with Crippen LogP contribution < -0.4 is 14.8 Å². The van der Waals surface area contributed by atoms with Gasteiger partial charge in [0.15, 0.2) is 5.82 Å². The lowest BCUT2D eigenvalue weighted by atomic mass is 10.1. The second kappa shape index (κ2) is 10.5. The van der Waals surface area contributed by atoms with Crippen LogP contribution in [-0.2, 0) is 11.3 Å². The highest BCUT2D eigenvalue weighted by molar-refractivity contribution is 6.04. The zero-order valence-corrected chi connectivity index (χ0v) is 18.1. The van der Waals surface area contributed by atoms with Crippen LogP contribution in [-0.4, -0.2) is 46.7 Å². The van der Waals surface area contributed by atoms with E-state index in [9.17, 15) is 9.59 Å². The topological polar surface area (TPSA) is 112 Å². The molecule has 9 heteroatoms. The third-order valence-corrected chi connectivity index (χ3v) is 4.44. The van der Waals surface area contributed by atoms with E-state index in [0.717, 1.165) is 10.2 Å². The first kappa shape index (κ1) is 22.8. The Morgan fingerprint density at radius 3 is 2.50 bits per heavy atom. The molecule has 3 rings (SSSR count). The molecule has 1 atom stereocenters. The first-order chi connectivity index (χ1) is 15.4. The number of anilines is 1. The number of nitrogens with one attached hydrogen (secondary N) is 1. The number of nitrogens with zero attached hydrogens (tertiary/aromatic N) is 2. The number of amides is 1. The van der Waals surface area contributed by atoms with Crippen molar-refractivity contribution in [3.63, 3.8) is 0 Å². The fourth-order valence-corrected chi connectivity index (χ4v) is 3.01. The van der Waals surface area contributed by atoms with Gasteiger partial charge in [0.25, 0.3) is 5.91 Å². The molecule has 0 saturated carbocycles. The summed E-state index contributed by atoms with van der Waals surface area (Å²) >= 11 is 0. The normalized spacial score (nSPS) is 11.6. The summed E-state index contributed by atoms with van der Waals surface area (Å²) < 4.78 is 17.6. The predicted molar refractivity (Wildman–Crippen MR) is 118 cm³/mol. The molecule has 1 amide bonds. The zero-order chi connectivity index (χ0) is 23.1. The summed E-state index contributed by atoms with van der Waals surface area (Å²) in [7, 11) is 1.58. The molecule has 2 aromatic carbocycles. The highest BCUT2D eigenvalue weighted by Gasteiger charge is 2.16. The molecule has 1 aromatic heterocycles. The Bertz CT molecular complexity index is 1080. The van der Waals surface area contributed by atoms with Crippen molar-refractivity contribution in [2.45, 2.75) is 26.6 Å². The molecule has 2 N–H and O–H groups in total. The van der Waals surface area contributed by atoms with Gasteiger partial charge < -0.3 is 24.6 Å². The molecule has 168 valence electrons. The molecule has 0 aliphatic rings. The van der Waals surface area contributed by atoms with Gasteiger partial charge in [-0.3, -0.25) is 4.79 Å². The van der Waals surface area contributed by atoms with Crippen molar-refractivity contribution in [2.24, 2.45) is 0 Å². The van der Waals surface area contributed by atoms with Crippen LogP contribution in [0.4, 0.5) is 10.6 Å². The van der Waals surface area contributed by atoms with Crippen molar-refractivity contribution in [3.8, 4) is 11.5 Å². The van der Waals surface area contributed by atoms with Crippen LogP contribution in [0.25, 0.3) is 0 Å². The quantitative estimate of drug-likeness (QED) is 0.519. The largest absolute Gasteiger partial charge is 0.489 e. The Morgan fingerprint density at radius 1 is 1.12 bits per heavy atom. The van der Waals surface area contributed by atoms with E-state index >= 15 is 0 Å². The standard InChI is InChI=1S/C23H25N3O6/c1-15-9-21(25-26(15)23(28)29)24-22(27)18-10-19(31-14-17-7-5-4-6-8-17)12-20(11-18)32-16(2)13-30-3/h4-12,16H,13-14H2,1-3H3,(H,28,29)(H,24,25,27)/t16-/m0/s1. The molecule has 0 bridgehead atoms. The van der Waals surface area contributed by atoms with E-state index in [1.54, 1.807) is 32.2 Å². The molecule has 0 aliphatic carbocycles. The molecule has 1 heterocycles. The van der Waals surface area contributed by atoms with Gasteiger partial charge in [0.1, 0.15) is 24.2 Å². The van der Waals surface area contributed by atoms with Crippen LogP contribution in [0.2, 0.25) is 0 Å². The number of carbonyl (C=O) groups is 2. The highest BCUT2D eigenvalue weighted by Crippen LogP contribution is 2.26. The average Bonchev–Trinajstić information content (AvgIpc) is 3.13. The number of carbonyl (C=O) groups excluding carboxylic acids is 1. The third-order valence-electron chi connectivity index (χ3n) is 4.44. The van der Waals surface area contributed by atoms with Gasteiger partial charge in [0.05, 0.1) is 6.61 Å². The van der Waals surface area contributed by atoms with Crippen molar-refractivity contribution in [3.05, 3.63) is 71.4 Å². The van der Waals surface area contributed by atoms with Crippen molar-refractivity contribution >= 4 is 17.8 Å². The van der Waals surface area contributed by atoms with Gasteiger partial charge in [-0.2, -0.15) is 4.68 Å². The predicted octanol–water partition coefficient (Wildman–Crippen LogP) is 3.96. The molecule has 0 saturated heterocycles. The van der Waals surface area contributed by atoms with Gasteiger partial charge in [0.2, 0.25) is 0 Å². The van der Waals surface area contributed by atoms with Crippen LogP contribution in [0.1, 0.15) is 28.5 Å². The highest BCUT2D eigenvalue weighted by atomic mass is 16.5. The van der Waals surface area contributed by atoms with Crippen LogP contribution in [0.15, 0.2) is 54.6 Å². The molecule has 0 radical (unpaired) electrons. The summed E-state index contributed by atoms with van der Waals surface area (Å²) in [6.07, 6.45) is -1.48. The lowest BCUT2D eigenvalue weighted by molar-refractivity contribution is 0.0914. The number of methoxy groups -OCH3 is 1. The second-order valence-corrected chi connectivity index (χ2v) is 7.17. The number of aromatic nitrogens is 2. The number of aryl methyl sites for hydroxylation is 1. The van der Waals surface area contributed by atoms with Crippen molar-refractivity contribution < 1.29 is 28.9 Å². The van der Waals surface area contributed by atoms with Gasteiger partial charge in [0, 0.05) is 30.5 Å². The van der Waals surface area contributed by atoms with Gasteiger partial charge >= 0.3 is 6.09 Å². The van der Waals surface area contributed by atoms with Crippen LogP contribution >= 0.6 is 0 Å². The molecule has 3 aromatic rings. The minimum absolute atomic E-state index is 0.126. The number of benzene rings is 2. The molecule has 9 nitrogen and oxygen atoms in total. The first-order valence-corrected chi connectivity index (χ1v) is 9.94. The summed E-state index contributed by atoms with van der Waals surface area (Å²) in [6, 6.07) is 16.0. The van der Waals surface area contributed by atoms with E-state index in [4.69, 9.17) is 19.3 Å². The van der Waals surface area contributed by atoms with E-state index in [-0.39, 0.29) is 17.5 Å². The maximum atomic E-state index is 12.9. The van der Waals surface area contributed by atoms with E-state index in [0.29, 0.717) is 30.4 Å². The van der Waals surface area contributed by atoms with Crippen molar-refractivity contribution in [1.82, 2.24) is 9.78 Å². The third kappa shape index (κ3) is 6.08. The summed E-state index contributed by atoms with van der Waals surface area (Å²) in [5.41, 5.74) is 1.63. The molecule has 0 fully saturated rings. The van der Waals surface area contributed by atoms with E-state index < -0.39 is 12.0 Å². The molecule has 0 unspecified atom stereocenters. The average molecular weight is 439 g/mol. The smallest absolute Gasteiger partial charge is 0.432 e. The van der Waals surface area contributed by atoms with Gasteiger partial charge in [-0.15, -0.1) is 5.10 Å². The molecule has 32 heavy (non-hydrogen) atoms. The Balaban J connectivity index is 1.82. The summed E-state index contributed by atoms with van der Waals surface area (Å²) in [6.45, 7) is 4.13. The van der Waals surface area contributed by atoms with E-state index in [1.807, 2.05) is 37.3 Å². The van der Waals surface area contributed by atoms with Crippen molar-refractivity contribution in [2.75, 3.05) is 19.0 Å². The van der Waals surface area contributed by atoms with Gasteiger partial charge in [-0.1, -0.05) is 30.3 Å². The minimum atomic E-state index is -1.23. The lowest BCUT2D eigenvalue weighted by Gasteiger charge is -2.16. The van der Waals surface area contributed by atoms with Crippen LogP contribution in [0.5, 0.6) is 11.5 Å². The zero-order valence-electron chi connectivity index (χ0n) is 18.1. The minimum Gasteiger partial charge on any atom is -0.489 e. The number of hydrogen-bond acceptors (Lipinski definition) is 6. The van der Waals surface area contributed by atoms with Crippen LogP contribution in [0, 0.1) is 6.92 Å². The molecule has 0 aliphatic heterocycles. The Hall–Kier alpha value is -3.85. The van der Waals surface area contributed by atoms with E-state index in [1.165, 1.54) is 6.07 Å². The monoisotopic (exact) mass is 439 g/mol. The maximum Gasteiger partial charge on any atom is 0.432 e. The Kier molecular flexibility index (Phi) is 7.45. The fraction of sp³-hybridized carbons (Fsp3) is 0.261. The summed E-state index contributed by atoms with van der Waals surface area (Å²) in [5.74, 6) is 0.543. The van der Waals surface area contributed by atoms with Crippen LogP contribution in [0.3, 0.4) is 0 Å². The molecular formula is C23H25N3O6. The number of rotatable bonds is 9. The Morgan fingerprint density at radius 2 is 1.84 bits per heavy atom. The number of carboxylic acid groups (broad SMARTS) is 1. The summed E-state index contributed by atoms with van der Waals surface area (Å²) in [5, 5.41) is 15.6. The molecule has 0 spiro atoms. The van der Waals surface area contributed by atoms with Gasteiger partial charge in [-0.25, -0.2) is 4.79 Å². The maximum absolute atomic E-state index is 12.9. The van der Waals surface area contributed by atoms with E-state index in [2.05, 4.69) is 10.4 Å².